The van der Waals surface area contributed by atoms with Gasteiger partial charge in [-0.2, -0.15) is 5.10 Å². The molecule has 10 nitrogen and oxygen atoms in total. The van der Waals surface area contributed by atoms with E-state index in [1.54, 1.807) is 37.6 Å². The van der Waals surface area contributed by atoms with E-state index in [0.717, 1.165) is 38.8 Å². The normalized spacial score (nSPS) is 22.6. The number of nitro groups is 1. The molecule has 1 heterocycles. The van der Waals surface area contributed by atoms with E-state index in [0.29, 0.717) is 5.75 Å². The topological polar surface area (TPSA) is 131 Å². The lowest BCUT2D eigenvalue weighted by atomic mass is 9.47. The van der Waals surface area contributed by atoms with Crippen molar-refractivity contribution >= 4 is 46.9 Å². The Morgan fingerprint density at radius 1 is 1.00 bits per heavy atom. The van der Waals surface area contributed by atoms with Crippen molar-refractivity contribution in [1.29, 1.82) is 0 Å². The van der Waals surface area contributed by atoms with Crippen molar-refractivity contribution in [2.45, 2.75) is 17.8 Å². The van der Waals surface area contributed by atoms with Gasteiger partial charge in [0.25, 0.3) is 5.69 Å². The minimum Gasteiger partial charge on any atom is -0.497 e. The molecule has 0 saturated carbocycles. The van der Waals surface area contributed by atoms with Crippen molar-refractivity contribution in [2.24, 2.45) is 16.9 Å². The van der Waals surface area contributed by atoms with Gasteiger partial charge in [-0.25, -0.2) is 10.3 Å². The first-order valence-electron chi connectivity index (χ1n) is 14.2. The van der Waals surface area contributed by atoms with Crippen LogP contribution in [0.2, 0.25) is 5.02 Å². The molecule has 4 aliphatic rings. The average Bonchev–Trinajstić information content (AvgIpc) is 3.32. The highest BCUT2D eigenvalue weighted by molar-refractivity contribution is 6.31. The van der Waals surface area contributed by atoms with Gasteiger partial charge in [-0.05, 0) is 52.1 Å². The van der Waals surface area contributed by atoms with Crippen molar-refractivity contribution < 1.29 is 24.0 Å². The molecule has 4 aromatic rings. The Bertz CT molecular complexity index is 1890. The summed E-state index contributed by atoms with van der Waals surface area (Å²) in [7, 11) is 1.56. The maximum atomic E-state index is 14.5. The van der Waals surface area contributed by atoms with E-state index < -0.39 is 45.6 Å². The summed E-state index contributed by atoms with van der Waals surface area (Å²) in [4.78, 5) is 54.1. The number of methoxy groups -OCH3 is 1. The number of imide groups is 1. The Labute approximate surface area is 262 Å². The predicted octanol–water partition coefficient (Wildman–Crippen LogP) is 5.15. The molecule has 0 unspecified atom stereocenters. The first-order chi connectivity index (χ1) is 21.8. The number of carbonyl (C=O) groups is 3. The molecule has 45 heavy (non-hydrogen) atoms. The first-order valence-corrected chi connectivity index (χ1v) is 14.6. The third-order valence-electron chi connectivity index (χ3n) is 9.04. The molecule has 8 rings (SSSR count). The average molecular weight is 621 g/mol. The van der Waals surface area contributed by atoms with Gasteiger partial charge in [-0.3, -0.25) is 24.5 Å². The number of hydrogen-bond donors (Lipinski definition) is 1. The largest absolute Gasteiger partial charge is 0.497 e. The Morgan fingerprint density at radius 2 is 1.64 bits per heavy atom. The number of nitro benzene ring substituents is 1. The van der Waals surface area contributed by atoms with E-state index in [-0.39, 0.29) is 23.0 Å². The van der Waals surface area contributed by atoms with Crippen molar-refractivity contribution in [3.63, 3.8) is 0 Å². The van der Waals surface area contributed by atoms with Crippen LogP contribution in [0.4, 0.5) is 11.4 Å². The number of hydrazone groups is 1. The second-order valence-corrected chi connectivity index (χ2v) is 11.7. The third-order valence-corrected chi connectivity index (χ3v) is 9.28. The molecule has 11 heteroatoms. The van der Waals surface area contributed by atoms with Crippen LogP contribution in [0.25, 0.3) is 0 Å². The molecule has 1 saturated heterocycles. The van der Waals surface area contributed by atoms with Crippen molar-refractivity contribution in [2.75, 3.05) is 12.0 Å². The molecule has 224 valence electrons. The van der Waals surface area contributed by atoms with E-state index in [1.807, 2.05) is 48.5 Å². The number of rotatable bonds is 7. The predicted molar refractivity (Wildman–Crippen MR) is 166 cm³/mol. The zero-order valence-electron chi connectivity index (χ0n) is 23.8. The summed E-state index contributed by atoms with van der Waals surface area (Å²) in [5.41, 5.74) is 4.84. The summed E-state index contributed by atoms with van der Waals surface area (Å²) in [5, 5.41) is 16.5. The zero-order valence-corrected chi connectivity index (χ0v) is 24.6. The molecular formula is C34H25ClN4O6. The number of halogens is 1. The first kappa shape index (κ1) is 28.4. The quantitative estimate of drug-likeness (QED) is 0.132. The number of hydrogen-bond acceptors (Lipinski definition) is 7. The monoisotopic (exact) mass is 620 g/mol. The van der Waals surface area contributed by atoms with Crippen LogP contribution < -0.4 is 15.1 Å². The van der Waals surface area contributed by atoms with Crippen LogP contribution in [-0.2, 0) is 26.2 Å². The summed E-state index contributed by atoms with van der Waals surface area (Å²) in [6.45, 7) is 0. The number of ether oxygens (including phenoxy) is 1. The molecule has 0 radical (unpaired) electrons. The molecule has 0 aromatic heterocycles. The Hall–Kier alpha value is -5.35. The van der Waals surface area contributed by atoms with E-state index in [9.17, 15) is 24.5 Å². The molecular weight excluding hydrogens is 596 g/mol. The molecule has 1 aliphatic heterocycles. The highest BCUT2D eigenvalue weighted by atomic mass is 35.5. The minimum atomic E-state index is -1.25. The molecule has 2 atom stereocenters. The van der Waals surface area contributed by atoms with Crippen LogP contribution in [0.5, 0.6) is 5.75 Å². The van der Waals surface area contributed by atoms with Crippen LogP contribution in [0.1, 0.15) is 33.7 Å². The van der Waals surface area contributed by atoms with Crippen LogP contribution in [0, 0.1) is 22.0 Å². The van der Waals surface area contributed by atoms with Gasteiger partial charge in [-0.1, -0.05) is 72.3 Å². The van der Waals surface area contributed by atoms with Crippen molar-refractivity contribution in [3.8, 4) is 5.75 Å². The van der Waals surface area contributed by atoms with E-state index in [1.165, 1.54) is 12.1 Å². The van der Waals surface area contributed by atoms with E-state index in [2.05, 4.69) is 10.5 Å². The van der Waals surface area contributed by atoms with Crippen LogP contribution >= 0.6 is 11.6 Å². The lowest BCUT2D eigenvalue weighted by Crippen LogP contribution is -2.54. The molecule has 4 aromatic carbocycles. The molecule has 3 amide bonds. The molecule has 1 fully saturated rings. The standard InChI is InChI=1S/C34H25ClN4O6/c1-45-21-13-10-19(11-14-21)16-28(40)37-36-18-34-24-8-4-2-6-22(24)29(23-7-3-5-9-25(23)34)30-31(34)33(42)38(32(30)41)26-15-12-20(35)17-27(26)39(43)44/h2-15,17-18,29-31H,16H2,1H3,(H,37,40)/b36-18-/t29?,30-,31-,34?/m0/s1. The molecule has 0 spiro atoms. The zero-order chi connectivity index (χ0) is 31.5. The van der Waals surface area contributed by atoms with Gasteiger partial charge in [0.05, 0.1) is 35.7 Å². The SMILES string of the molecule is COc1ccc(CC(=O)N/N=C\C23c4ccccc4C(c4ccccc42)[C@@H]2C(=O)N(c4ccc(Cl)cc4[N+](=O)[O-])C(=O)[C@H]23)cc1. The van der Waals surface area contributed by atoms with Crippen LogP contribution in [-0.4, -0.2) is 36.0 Å². The van der Waals surface area contributed by atoms with Crippen molar-refractivity contribution in [1.82, 2.24) is 5.43 Å². The van der Waals surface area contributed by atoms with Crippen molar-refractivity contribution in [3.05, 3.63) is 134 Å². The Balaban J connectivity index is 1.34. The van der Waals surface area contributed by atoms with Gasteiger partial charge in [0.1, 0.15) is 11.4 Å². The van der Waals surface area contributed by atoms with E-state index in [4.69, 9.17) is 16.3 Å². The number of carbonyl (C=O) groups excluding carboxylic acids is 3. The third kappa shape index (κ3) is 4.24. The van der Waals surface area contributed by atoms with Crippen LogP contribution in [0.3, 0.4) is 0 Å². The second-order valence-electron chi connectivity index (χ2n) is 11.2. The fourth-order valence-electron chi connectivity index (χ4n) is 7.29. The van der Waals surface area contributed by atoms with E-state index >= 15 is 0 Å². The van der Waals surface area contributed by atoms with Gasteiger partial charge in [0, 0.05) is 23.2 Å². The molecule has 1 N–H and O–H groups in total. The number of anilines is 1. The number of nitrogens with one attached hydrogen (secondary N) is 1. The summed E-state index contributed by atoms with van der Waals surface area (Å²) >= 11 is 6.06. The summed E-state index contributed by atoms with van der Waals surface area (Å²) in [6, 6.07) is 26.1. The fourth-order valence-corrected chi connectivity index (χ4v) is 7.46. The summed E-state index contributed by atoms with van der Waals surface area (Å²) < 4.78 is 5.18. The highest BCUT2D eigenvalue weighted by Crippen LogP contribution is 2.64. The van der Waals surface area contributed by atoms with Gasteiger partial charge >= 0.3 is 0 Å². The maximum Gasteiger partial charge on any atom is 0.294 e. The number of nitrogens with zero attached hydrogens (tertiary/aromatic N) is 3. The lowest BCUT2D eigenvalue weighted by molar-refractivity contribution is -0.384. The number of benzene rings is 4. The smallest absolute Gasteiger partial charge is 0.294 e. The summed E-state index contributed by atoms with van der Waals surface area (Å²) in [5.74, 6) is -3.12. The molecule has 2 bridgehead atoms. The van der Waals surface area contributed by atoms with Gasteiger partial charge in [0.2, 0.25) is 17.7 Å². The highest BCUT2D eigenvalue weighted by Gasteiger charge is 2.68. The fraction of sp³-hybridized carbons (Fsp3) is 0.176. The number of amides is 3. The Morgan fingerprint density at radius 3 is 2.27 bits per heavy atom. The van der Waals surface area contributed by atoms with Gasteiger partial charge in [-0.15, -0.1) is 0 Å². The second kappa shape index (κ2) is 10.7. The Kier molecular flexibility index (Phi) is 6.74. The lowest BCUT2D eigenvalue weighted by Gasteiger charge is -2.52. The van der Waals surface area contributed by atoms with Crippen LogP contribution in [0.15, 0.2) is 96.1 Å². The van der Waals surface area contributed by atoms with Gasteiger partial charge < -0.3 is 4.74 Å². The van der Waals surface area contributed by atoms with Gasteiger partial charge in [0.15, 0.2) is 0 Å². The minimum absolute atomic E-state index is 0.0566. The maximum absolute atomic E-state index is 14.5. The molecule has 3 aliphatic carbocycles. The summed E-state index contributed by atoms with van der Waals surface area (Å²) in [6.07, 6.45) is 1.61.